The Kier molecular flexibility index (Phi) is 3.75. The highest BCUT2D eigenvalue weighted by molar-refractivity contribution is 6.01. The van der Waals surface area contributed by atoms with Crippen molar-refractivity contribution in [1.82, 2.24) is 5.16 Å². The van der Waals surface area contributed by atoms with Crippen LogP contribution < -0.4 is 9.75 Å². The van der Waals surface area contributed by atoms with E-state index in [1.165, 1.54) is 0 Å². The van der Waals surface area contributed by atoms with E-state index in [9.17, 15) is 0 Å². The van der Waals surface area contributed by atoms with E-state index in [2.05, 4.69) is 22.4 Å². The van der Waals surface area contributed by atoms with Crippen molar-refractivity contribution in [3.8, 4) is 17.0 Å². The van der Waals surface area contributed by atoms with E-state index in [0.29, 0.717) is 0 Å². The summed E-state index contributed by atoms with van der Waals surface area (Å²) in [6.45, 7) is 0.845. The Morgan fingerprint density at radius 3 is 2.58 bits per heavy atom. The third-order valence-corrected chi connectivity index (χ3v) is 4.04. The molecular weight excluding hydrogens is 302 g/mol. The molecule has 0 N–H and O–H groups in total. The normalized spacial score (nSPS) is 13.9. The molecule has 120 valence electrons. The summed E-state index contributed by atoms with van der Waals surface area (Å²) >= 11 is 0. The molecule has 0 bridgehead atoms. The molecule has 2 heterocycles. The number of nitrogens with zero attached hydrogens (tertiary/aromatic N) is 3. The van der Waals surface area contributed by atoms with Crippen molar-refractivity contribution in [1.29, 1.82) is 0 Å². The molecule has 0 unspecified atom stereocenters. The zero-order chi connectivity index (χ0) is 16.4. The molecule has 24 heavy (non-hydrogen) atoms. The van der Waals surface area contributed by atoms with Gasteiger partial charge in [0, 0.05) is 24.6 Å². The van der Waals surface area contributed by atoms with E-state index in [1.54, 1.807) is 7.11 Å². The molecule has 0 atom stereocenters. The van der Waals surface area contributed by atoms with Crippen molar-refractivity contribution in [3.63, 3.8) is 0 Å². The van der Waals surface area contributed by atoms with Crippen molar-refractivity contribution in [2.75, 3.05) is 18.7 Å². The minimum atomic E-state index is 0.722. The molecule has 0 aliphatic carbocycles. The molecule has 0 fully saturated rings. The minimum absolute atomic E-state index is 0.722. The molecule has 1 aliphatic heterocycles. The second kappa shape index (κ2) is 6.20. The Labute approximate surface area is 140 Å². The van der Waals surface area contributed by atoms with Gasteiger partial charge in [-0.1, -0.05) is 23.4 Å². The van der Waals surface area contributed by atoms with Gasteiger partial charge in [0.1, 0.15) is 17.2 Å². The van der Waals surface area contributed by atoms with Crippen LogP contribution in [0.3, 0.4) is 0 Å². The molecule has 0 amide bonds. The van der Waals surface area contributed by atoms with E-state index in [4.69, 9.17) is 9.26 Å². The van der Waals surface area contributed by atoms with Crippen LogP contribution in [0.2, 0.25) is 0 Å². The number of hydrogen-bond acceptors (Lipinski definition) is 5. The lowest BCUT2D eigenvalue weighted by molar-refractivity contribution is 0.413. The van der Waals surface area contributed by atoms with Gasteiger partial charge in [-0.15, -0.1) is 0 Å². The molecule has 1 aliphatic rings. The molecule has 1 aromatic heterocycles. The van der Waals surface area contributed by atoms with Gasteiger partial charge in [0.05, 0.1) is 12.8 Å². The number of para-hydroxylation sites is 1. The van der Waals surface area contributed by atoms with Gasteiger partial charge in [-0.25, -0.2) is 0 Å². The van der Waals surface area contributed by atoms with Crippen molar-refractivity contribution >= 4 is 11.4 Å². The molecule has 2 aromatic carbocycles. The molecular formula is C19H17N3O2. The summed E-state index contributed by atoms with van der Waals surface area (Å²) < 4.78 is 10.7. The maximum atomic E-state index is 5.51. The van der Waals surface area contributed by atoms with E-state index in [0.717, 1.165) is 47.1 Å². The van der Waals surface area contributed by atoms with Gasteiger partial charge >= 0.3 is 0 Å². The van der Waals surface area contributed by atoms with Crippen LogP contribution in [0.25, 0.3) is 11.3 Å². The number of methoxy groups -OCH3 is 1. The highest BCUT2D eigenvalue weighted by Gasteiger charge is 2.21. The summed E-state index contributed by atoms with van der Waals surface area (Å²) in [4.78, 5) is 0. The van der Waals surface area contributed by atoms with Gasteiger partial charge in [-0.2, -0.15) is 5.10 Å². The average molecular weight is 319 g/mol. The topological polar surface area (TPSA) is 50.9 Å². The first kappa shape index (κ1) is 14.5. The highest BCUT2D eigenvalue weighted by Crippen LogP contribution is 2.25. The molecule has 5 heteroatoms. The van der Waals surface area contributed by atoms with Crippen molar-refractivity contribution in [3.05, 3.63) is 66.4 Å². The SMILES string of the molecule is COc1ccc(-c2cc(C3=NN(c4ccccc4)CC3)on2)cc1. The fourth-order valence-corrected chi connectivity index (χ4v) is 2.73. The van der Waals surface area contributed by atoms with Crippen LogP contribution in [0.1, 0.15) is 12.2 Å². The van der Waals surface area contributed by atoms with E-state index in [1.807, 2.05) is 53.5 Å². The molecule has 0 saturated heterocycles. The van der Waals surface area contributed by atoms with Crippen molar-refractivity contribution in [2.45, 2.75) is 6.42 Å². The number of benzene rings is 2. The number of hydrogen-bond donors (Lipinski definition) is 0. The smallest absolute Gasteiger partial charge is 0.183 e. The third kappa shape index (κ3) is 2.76. The van der Waals surface area contributed by atoms with Crippen LogP contribution in [-0.4, -0.2) is 24.5 Å². The van der Waals surface area contributed by atoms with Crippen LogP contribution in [0.15, 0.2) is 70.3 Å². The zero-order valence-corrected chi connectivity index (χ0v) is 13.3. The van der Waals surface area contributed by atoms with E-state index < -0.39 is 0 Å². The summed E-state index contributed by atoms with van der Waals surface area (Å²) in [6.07, 6.45) is 0.839. The van der Waals surface area contributed by atoms with Gasteiger partial charge < -0.3 is 9.26 Å². The Morgan fingerprint density at radius 1 is 1.04 bits per heavy atom. The lowest BCUT2D eigenvalue weighted by atomic mass is 10.1. The number of rotatable bonds is 4. The Bertz CT molecular complexity index is 854. The van der Waals surface area contributed by atoms with Crippen LogP contribution in [-0.2, 0) is 0 Å². The Hall–Kier alpha value is -3.08. The molecule has 4 rings (SSSR count). The van der Waals surface area contributed by atoms with Gasteiger partial charge in [0.25, 0.3) is 0 Å². The predicted octanol–water partition coefficient (Wildman–Crippen LogP) is 3.96. The van der Waals surface area contributed by atoms with Crippen molar-refractivity contribution in [2.24, 2.45) is 5.10 Å². The summed E-state index contributed by atoms with van der Waals surface area (Å²) in [5.41, 5.74) is 3.80. The quantitative estimate of drug-likeness (QED) is 0.730. The summed E-state index contributed by atoms with van der Waals surface area (Å²) in [6, 6.07) is 19.8. The molecule has 0 saturated carbocycles. The standard InChI is InChI=1S/C19H17N3O2/c1-23-16-9-7-14(8-10-16)18-13-19(24-21-18)17-11-12-22(20-17)15-5-3-2-4-6-15/h2-10,13H,11-12H2,1H3. The van der Waals surface area contributed by atoms with Gasteiger partial charge in [-0.05, 0) is 36.4 Å². The molecule has 0 radical (unpaired) electrons. The number of aromatic nitrogens is 1. The summed E-state index contributed by atoms with van der Waals surface area (Å²) in [5, 5.41) is 10.8. The Morgan fingerprint density at radius 2 is 1.83 bits per heavy atom. The summed E-state index contributed by atoms with van der Waals surface area (Å²) in [7, 11) is 1.65. The fraction of sp³-hybridized carbons (Fsp3) is 0.158. The number of anilines is 1. The van der Waals surface area contributed by atoms with Gasteiger partial charge in [0.15, 0.2) is 5.76 Å². The maximum Gasteiger partial charge on any atom is 0.183 e. The average Bonchev–Trinajstić information content (AvgIpc) is 3.32. The molecule has 5 nitrogen and oxygen atoms in total. The van der Waals surface area contributed by atoms with Crippen LogP contribution in [0.5, 0.6) is 5.75 Å². The first-order valence-electron chi connectivity index (χ1n) is 7.85. The Balaban J connectivity index is 1.56. The molecule has 0 spiro atoms. The van der Waals surface area contributed by atoms with Gasteiger partial charge in [-0.3, -0.25) is 5.01 Å². The monoisotopic (exact) mass is 319 g/mol. The predicted molar refractivity (Wildman–Crippen MR) is 93.4 cm³/mol. The largest absolute Gasteiger partial charge is 0.497 e. The van der Waals surface area contributed by atoms with Crippen molar-refractivity contribution < 1.29 is 9.26 Å². The molecule has 3 aromatic rings. The first-order valence-corrected chi connectivity index (χ1v) is 7.85. The van der Waals surface area contributed by atoms with Gasteiger partial charge in [0.2, 0.25) is 0 Å². The lowest BCUT2D eigenvalue weighted by Gasteiger charge is -2.12. The number of hydrazone groups is 1. The second-order valence-corrected chi connectivity index (χ2v) is 5.56. The van der Waals surface area contributed by atoms with E-state index >= 15 is 0 Å². The van der Waals surface area contributed by atoms with Crippen LogP contribution in [0.4, 0.5) is 5.69 Å². The second-order valence-electron chi connectivity index (χ2n) is 5.56. The lowest BCUT2D eigenvalue weighted by Crippen LogP contribution is -2.11. The first-order chi connectivity index (χ1) is 11.8. The van der Waals surface area contributed by atoms with Crippen LogP contribution >= 0.6 is 0 Å². The third-order valence-electron chi connectivity index (χ3n) is 4.04. The number of ether oxygens (including phenoxy) is 1. The summed E-state index contributed by atoms with van der Waals surface area (Å²) in [5.74, 6) is 1.54. The van der Waals surface area contributed by atoms with E-state index in [-0.39, 0.29) is 0 Å². The minimum Gasteiger partial charge on any atom is -0.497 e. The van der Waals surface area contributed by atoms with Crippen LogP contribution in [0, 0.1) is 0 Å². The zero-order valence-electron chi connectivity index (χ0n) is 13.3. The fourth-order valence-electron chi connectivity index (χ4n) is 2.73. The highest BCUT2D eigenvalue weighted by atomic mass is 16.5. The maximum absolute atomic E-state index is 5.51.